The molecule has 1 aliphatic heterocycles. The van der Waals surface area contributed by atoms with E-state index in [2.05, 4.69) is 11.8 Å². The molecule has 2 N–H and O–H groups in total. The van der Waals surface area contributed by atoms with E-state index in [0.717, 1.165) is 28.4 Å². The van der Waals surface area contributed by atoms with Gasteiger partial charge >= 0.3 is 0 Å². The van der Waals surface area contributed by atoms with Crippen LogP contribution in [0.1, 0.15) is 6.42 Å². The third kappa shape index (κ3) is 0.222. The molecular formula is C6H9NS. The van der Waals surface area contributed by atoms with Crippen LogP contribution in [-0.2, 0) is 0 Å². The van der Waals surface area contributed by atoms with Gasteiger partial charge in [-0.05, 0) is 24.8 Å². The second-order valence-electron chi connectivity index (χ2n) is 3.20. The van der Waals surface area contributed by atoms with Gasteiger partial charge in [-0.1, -0.05) is 0 Å². The average molecular weight is 127 g/mol. The lowest BCUT2D eigenvalue weighted by atomic mass is 9.86. The molecule has 1 saturated heterocycles. The Morgan fingerprint density at radius 1 is 1.75 bits per heavy atom. The van der Waals surface area contributed by atoms with Gasteiger partial charge in [-0.2, -0.15) is 0 Å². The zero-order valence-electron chi connectivity index (χ0n) is 4.63. The summed E-state index contributed by atoms with van der Waals surface area (Å²) in [6, 6.07) is 0. The fourth-order valence-corrected chi connectivity index (χ4v) is 4.25. The molecule has 44 valence electrons. The van der Waals surface area contributed by atoms with Gasteiger partial charge in [0.25, 0.3) is 0 Å². The van der Waals surface area contributed by atoms with Gasteiger partial charge in [0.2, 0.25) is 0 Å². The largest absolute Gasteiger partial charge is 0.330 e. The lowest BCUT2D eigenvalue weighted by molar-refractivity contribution is 0.381. The fourth-order valence-electron chi connectivity index (χ4n) is 2.29. The lowest BCUT2D eigenvalue weighted by Crippen LogP contribution is -2.32. The monoisotopic (exact) mass is 127 g/mol. The molecule has 0 radical (unpaired) electrons. The molecule has 0 aromatic carbocycles. The second kappa shape index (κ2) is 0.868. The van der Waals surface area contributed by atoms with E-state index in [1.165, 1.54) is 6.42 Å². The maximum atomic E-state index is 5.55. The summed E-state index contributed by atoms with van der Waals surface area (Å²) in [5.41, 5.74) is 5.55. The van der Waals surface area contributed by atoms with Gasteiger partial charge in [0.05, 0.1) is 0 Å². The van der Waals surface area contributed by atoms with Crippen LogP contribution in [0.4, 0.5) is 0 Å². The van der Waals surface area contributed by atoms with Crippen LogP contribution in [0.25, 0.3) is 0 Å². The standard InChI is InChI=1S/C6H9NS/c7-2-3-4-1-6(4)5(3)8-6/h3-5H,1-2,7H2. The lowest BCUT2D eigenvalue weighted by Gasteiger charge is -2.18. The van der Waals surface area contributed by atoms with Gasteiger partial charge in [0.15, 0.2) is 0 Å². The van der Waals surface area contributed by atoms with E-state index in [1.54, 1.807) is 0 Å². The summed E-state index contributed by atoms with van der Waals surface area (Å²) in [5, 5.41) is 1.03. The molecule has 8 heavy (non-hydrogen) atoms. The molecule has 0 aromatic heterocycles. The Kier molecular flexibility index (Phi) is 0.453. The van der Waals surface area contributed by atoms with Crippen LogP contribution in [0.15, 0.2) is 0 Å². The van der Waals surface area contributed by atoms with Crippen LogP contribution in [0, 0.1) is 11.8 Å². The summed E-state index contributed by atoms with van der Waals surface area (Å²) in [4.78, 5) is 0. The first-order valence-corrected chi connectivity index (χ1v) is 4.14. The molecule has 3 rings (SSSR count). The smallest absolute Gasteiger partial charge is 0.0320 e. The molecule has 3 aliphatic rings. The molecule has 4 unspecified atom stereocenters. The molecule has 4 atom stereocenters. The highest BCUT2D eigenvalue weighted by atomic mass is 32.2. The zero-order chi connectivity index (χ0) is 5.35. The molecule has 2 aliphatic carbocycles. The molecule has 3 fully saturated rings. The number of thioether (sulfide) groups is 1. The van der Waals surface area contributed by atoms with Gasteiger partial charge in [-0.15, -0.1) is 11.8 Å². The zero-order valence-corrected chi connectivity index (χ0v) is 5.45. The van der Waals surface area contributed by atoms with Crippen molar-refractivity contribution in [2.75, 3.05) is 6.54 Å². The minimum Gasteiger partial charge on any atom is -0.330 e. The molecule has 1 spiro atoms. The molecule has 1 nitrogen and oxygen atoms in total. The summed E-state index contributed by atoms with van der Waals surface area (Å²) < 4.78 is 0.865. The van der Waals surface area contributed by atoms with E-state index in [-0.39, 0.29) is 0 Å². The van der Waals surface area contributed by atoms with E-state index in [0.29, 0.717) is 0 Å². The molecule has 0 bridgehead atoms. The topological polar surface area (TPSA) is 26.0 Å². The number of hydrogen-bond donors (Lipinski definition) is 1. The molecule has 0 amide bonds. The van der Waals surface area contributed by atoms with Crippen LogP contribution in [0.2, 0.25) is 0 Å². The number of nitrogens with two attached hydrogens (primary N) is 1. The maximum absolute atomic E-state index is 5.55. The Labute approximate surface area is 53.0 Å². The van der Waals surface area contributed by atoms with Gasteiger partial charge in [-0.25, -0.2) is 0 Å². The molecule has 0 aromatic rings. The first-order valence-electron chi connectivity index (χ1n) is 3.26. The fraction of sp³-hybridized carbons (Fsp3) is 1.00. The first-order chi connectivity index (χ1) is 3.88. The Hall–Kier alpha value is 0.310. The molecular weight excluding hydrogens is 118 g/mol. The predicted octanol–water partition coefficient (Wildman–Crippen LogP) is 0.449. The van der Waals surface area contributed by atoms with Crippen LogP contribution in [0.5, 0.6) is 0 Å². The van der Waals surface area contributed by atoms with E-state index in [4.69, 9.17) is 5.73 Å². The highest BCUT2D eigenvalue weighted by Gasteiger charge is 2.85. The molecule has 1 heterocycles. The van der Waals surface area contributed by atoms with Crippen LogP contribution < -0.4 is 5.73 Å². The van der Waals surface area contributed by atoms with Gasteiger partial charge in [-0.3, -0.25) is 0 Å². The molecule has 2 heteroatoms. The second-order valence-corrected chi connectivity index (χ2v) is 4.71. The normalized spacial score (nSPS) is 72.4. The predicted molar refractivity (Wildman–Crippen MR) is 34.8 cm³/mol. The van der Waals surface area contributed by atoms with Crippen molar-refractivity contribution in [1.82, 2.24) is 0 Å². The van der Waals surface area contributed by atoms with Crippen molar-refractivity contribution < 1.29 is 0 Å². The highest BCUT2D eigenvalue weighted by molar-refractivity contribution is 8.09. The van der Waals surface area contributed by atoms with Crippen molar-refractivity contribution in [1.29, 1.82) is 0 Å². The summed E-state index contributed by atoms with van der Waals surface area (Å²) in [6.07, 6.45) is 1.50. The van der Waals surface area contributed by atoms with Crippen molar-refractivity contribution in [3.8, 4) is 0 Å². The van der Waals surface area contributed by atoms with E-state index < -0.39 is 0 Å². The SMILES string of the molecule is NCC1C2CC23SC13. The Bertz CT molecular complexity index is 141. The number of hydrogen-bond acceptors (Lipinski definition) is 2. The Balaban J connectivity index is 1.90. The maximum Gasteiger partial charge on any atom is 0.0320 e. The van der Waals surface area contributed by atoms with E-state index in [1.807, 2.05) is 0 Å². The summed E-state index contributed by atoms with van der Waals surface area (Å²) in [6.45, 7) is 0.948. The molecule has 2 saturated carbocycles. The minimum absolute atomic E-state index is 0.865. The van der Waals surface area contributed by atoms with E-state index >= 15 is 0 Å². The summed E-state index contributed by atoms with van der Waals surface area (Å²) in [7, 11) is 0. The third-order valence-electron chi connectivity index (χ3n) is 2.96. The summed E-state index contributed by atoms with van der Waals surface area (Å²) >= 11 is 2.19. The van der Waals surface area contributed by atoms with Crippen LogP contribution in [0.3, 0.4) is 0 Å². The van der Waals surface area contributed by atoms with Gasteiger partial charge < -0.3 is 5.73 Å². The van der Waals surface area contributed by atoms with Gasteiger partial charge in [0, 0.05) is 10.00 Å². The Morgan fingerprint density at radius 3 is 2.88 bits per heavy atom. The first kappa shape index (κ1) is 4.18. The average Bonchev–Trinajstić information content (AvgIpc) is 2.60. The van der Waals surface area contributed by atoms with Crippen molar-refractivity contribution in [2.24, 2.45) is 17.6 Å². The van der Waals surface area contributed by atoms with Crippen molar-refractivity contribution in [3.63, 3.8) is 0 Å². The van der Waals surface area contributed by atoms with Crippen molar-refractivity contribution >= 4 is 11.8 Å². The Morgan fingerprint density at radius 2 is 2.62 bits per heavy atom. The summed E-state index contributed by atoms with van der Waals surface area (Å²) in [5.74, 6) is 2.00. The highest BCUT2D eigenvalue weighted by Crippen LogP contribution is 2.87. The number of rotatable bonds is 1. The van der Waals surface area contributed by atoms with Crippen molar-refractivity contribution in [2.45, 2.75) is 16.4 Å². The quantitative estimate of drug-likeness (QED) is 0.517. The third-order valence-corrected chi connectivity index (χ3v) is 4.89. The van der Waals surface area contributed by atoms with Crippen molar-refractivity contribution in [3.05, 3.63) is 0 Å². The minimum atomic E-state index is 0.865. The van der Waals surface area contributed by atoms with Gasteiger partial charge in [0.1, 0.15) is 0 Å². The van der Waals surface area contributed by atoms with Crippen LogP contribution in [-0.4, -0.2) is 16.5 Å². The van der Waals surface area contributed by atoms with Crippen LogP contribution >= 0.6 is 11.8 Å². The van der Waals surface area contributed by atoms with E-state index in [9.17, 15) is 0 Å².